The molecular weight excluding hydrogens is 590 g/mol. The van der Waals surface area contributed by atoms with Crippen LogP contribution in [0.2, 0.25) is 0 Å². The Labute approximate surface area is 246 Å². The summed E-state index contributed by atoms with van der Waals surface area (Å²) in [5.74, 6) is -0.782. The molecule has 0 aliphatic heterocycles. The van der Waals surface area contributed by atoms with Crippen LogP contribution in [0.25, 0.3) is 0 Å². The first kappa shape index (κ1) is 31.4. The Morgan fingerprint density at radius 2 is 1.48 bits per heavy atom. The zero-order valence-corrected chi connectivity index (χ0v) is 26.3. The quantitative estimate of drug-likeness (QED) is 0.327. The number of hydrogen-bond acceptors (Lipinski definition) is 4. The normalized spacial score (nSPS) is 12.5. The van der Waals surface area contributed by atoms with Crippen molar-refractivity contribution in [3.8, 4) is 0 Å². The van der Waals surface area contributed by atoms with Crippen LogP contribution in [0.1, 0.15) is 43.0 Å². The van der Waals surface area contributed by atoms with Crippen LogP contribution in [-0.2, 0) is 32.6 Å². The van der Waals surface area contributed by atoms with Gasteiger partial charge >= 0.3 is 0 Å². The standard InChI is InChI=1S/C31H38BrN3O4S/c1-22-12-10-13-23(2)29(22)35(40(6,38)39)21-28(36)34(20-25-16-11-17-26(32)18-25)27(30(37)33-31(3,4)5)19-24-14-8-7-9-15-24/h7-18,27H,19-21H2,1-6H3,(H,33,37)/t27-/m1/s1. The van der Waals surface area contributed by atoms with Gasteiger partial charge in [0.1, 0.15) is 12.6 Å². The molecule has 7 nitrogen and oxygen atoms in total. The Morgan fingerprint density at radius 1 is 0.900 bits per heavy atom. The molecule has 0 spiro atoms. The molecule has 1 atom stereocenters. The molecule has 0 unspecified atom stereocenters. The predicted molar refractivity (Wildman–Crippen MR) is 165 cm³/mol. The highest BCUT2D eigenvalue weighted by Crippen LogP contribution is 2.27. The second kappa shape index (κ2) is 13.0. The number of amides is 2. The monoisotopic (exact) mass is 627 g/mol. The van der Waals surface area contributed by atoms with Crippen LogP contribution in [0.5, 0.6) is 0 Å². The van der Waals surface area contributed by atoms with Gasteiger partial charge in [0.05, 0.1) is 11.9 Å². The molecule has 214 valence electrons. The summed E-state index contributed by atoms with van der Waals surface area (Å²) in [7, 11) is -3.83. The average molecular weight is 629 g/mol. The van der Waals surface area contributed by atoms with Crippen LogP contribution in [0.15, 0.2) is 77.3 Å². The number of carbonyl (C=O) groups is 2. The molecule has 2 amide bonds. The van der Waals surface area contributed by atoms with E-state index in [1.54, 1.807) is 0 Å². The highest BCUT2D eigenvalue weighted by atomic mass is 79.9. The van der Waals surface area contributed by atoms with Crippen LogP contribution in [-0.4, -0.2) is 49.5 Å². The number of nitrogens with one attached hydrogen (secondary N) is 1. The van der Waals surface area contributed by atoms with Gasteiger partial charge in [0.15, 0.2) is 0 Å². The molecule has 0 fully saturated rings. The number of halogens is 1. The Bertz CT molecular complexity index is 1430. The summed E-state index contributed by atoms with van der Waals surface area (Å²) in [6.45, 7) is 8.98. The minimum absolute atomic E-state index is 0.123. The summed E-state index contributed by atoms with van der Waals surface area (Å²) in [4.78, 5) is 29.5. The van der Waals surface area contributed by atoms with Crippen molar-refractivity contribution in [2.75, 3.05) is 17.1 Å². The largest absolute Gasteiger partial charge is 0.350 e. The summed E-state index contributed by atoms with van der Waals surface area (Å²) >= 11 is 3.49. The molecule has 0 saturated carbocycles. The number of nitrogens with zero attached hydrogens (tertiary/aromatic N) is 2. The second-order valence-electron chi connectivity index (χ2n) is 11.1. The molecule has 0 heterocycles. The summed E-state index contributed by atoms with van der Waals surface area (Å²) in [6, 6.07) is 21.6. The number of para-hydroxylation sites is 1. The zero-order chi connectivity index (χ0) is 29.7. The van der Waals surface area contributed by atoms with E-state index in [2.05, 4.69) is 21.2 Å². The molecule has 1 N–H and O–H groups in total. The van der Waals surface area contributed by atoms with Crippen LogP contribution in [0.3, 0.4) is 0 Å². The van der Waals surface area contributed by atoms with Gasteiger partial charge in [0, 0.05) is 23.0 Å². The van der Waals surface area contributed by atoms with E-state index in [9.17, 15) is 18.0 Å². The SMILES string of the molecule is Cc1cccc(C)c1N(CC(=O)N(Cc1cccc(Br)c1)[C@H](Cc1ccccc1)C(=O)NC(C)(C)C)S(C)(=O)=O. The average Bonchev–Trinajstić information content (AvgIpc) is 2.84. The van der Waals surface area contributed by atoms with Crippen LogP contribution < -0.4 is 9.62 Å². The summed E-state index contributed by atoms with van der Waals surface area (Å²) in [5.41, 5.74) is 3.11. The minimum Gasteiger partial charge on any atom is -0.350 e. The first-order valence-corrected chi connectivity index (χ1v) is 15.7. The number of sulfonamides is 1. The van der Waals surface area contributed by atoms with E-state index < -0.39 is 34.1 Å². The number of rotatable bonds is 10. The third kappa shape index (κ3) is 8.66. The van der Waals surface area contributed by atoms with Gasteiger partial charge in [-0.1, -0.05) is 76.6 Å². The van der Waals surface area contributed by atoms with Gasteiger partial charge in [0.25, 0.3) is 0 Å². The summed E-state index contributed by atoms with van der Waals surface area (Å²) < 4.78 is 28.1. The highest BCUT2D eigenvalue weighted by molar-refractivity contribution is 9.10. The van der Waals surface area contributed by atoms with Crippen molar-refractivity contribution >= 4 is 43.5 Å². The fourth-order valence-corrected chi connectivity index (χ4v) is 6.02. The lowest BCUT2D eigenvalue weighted by molar-refractivity contribution is -0.140. The first-order valence-electron chi connectivity index (χ1n) is 13.1. The van der Waals surface area contributed by atoms with Gasteiger partial charge in [-0.05, 0) is 69.0 Å². The first-order chi connectivity index (χ1) is 18.7. The molecule has 0 aliphatic carbocycles. The fraction of sp³-hybridized carbons (Fsp3) is 0.355. The van der Waals surface area contributed by atoms with Gasteiger partial charge in [-0.25, -0.2) is 8.42 Å². The van der Waals surface area contributed by atoms with Crippen molar-refractivity contribution in [1.29, 1.82) is 0 Å². The number of anilines is 1. The zero-order valence-electron chi connectivity index (χ0n) is 23.9. The van der Waals surface area contributed by atoms with Crippen LogP contribution in [0.4, 0.5) is 5.69 Å². The van der Waals surface area contributed by atoms with E-state index in [1.807, 2.05) is 107 Å². The third-order valence-corrected chi connectivity index (χ3v) is 7.98. The minimum atomic E-state index is -3.83. The van der Waals surface area contributed by atoms with Crippen molar-refractivity contribution in [2.24, 2.45) is 0 Å². The van der Waals surface area contributed by atoms with Gasteiger partial charge in [-0.3, -0.25) is 13.9 Å². The fourth-order valence-electron chi connectivity index (χ4n) is 4.61. The Balaban J connectivity index is 2.11. The molecule has 3 rings (SSSR count). The van der Waals surface area contributed by atoms with Gasteiger partial charge in [-0.2, -0.15) is 0 Å². The highest BCUT2D eigenvalue weighted by Gasteiger charge is 2.34. The van der Waals surface area contributed by atoms with E-state index in [-0.39, 0.29) is 18.9 Å². The van der Waals surface area contributed by atoms with Crippen LogP contribution >= 0.6 is 15.9 Å². The lowest BCUT2D eigenvalue weighted by Gasteiger charge is -2.35. The molecule has 0 aliphatic rings. The molecule has 3 aromatic rings. The van der Waals surface area contributed by atoms with Crippen LogP contribution in [0, 0.1) is 13.8 Å². The van der Waals surface area contributed by atoms with Gasteiger partial charge in [-0.15, -0.1) is 0 Å². The number of benzene rings is 3. The lowest BCUT2D eigenvalue weighted by Crippen LogP contribution is -2.56. The topological polar surface area (TPSA) is 86.8 Å². The lowest BCUT2D eigenvalue weighted by atomic mass is 10.0. The van der Waals surface area contributed by atoms with Crippen molar-refractivity contribution in [2.45, 2.75) is 59.2 Å². The Morgan fingerprint density at radius 3 is 2.02 bits per heavy atom. The maximum absolute atomic E-state index is 14.2. The van der Waals surface area contributed by atoms with E-state index >= 15 is 0 Å². The number of carbonyl (C=O) groups excluding carboxylic acids is 2. The molecule has 3 aromatic carbocycles. The van der Waals surface area contributed by atoms with E-state index in [0.29, 0.717) is 5.69 Å². The smallest absolute Gasteiger partial charge is 0.244 e. The molecule has 9 heteroatoms. The number of aryl methyl sites for hydroxylation is 2. The van der Waals surface area contributed by atoms with E-state index in [4.69, 9.17) is 0 Å². The molecule has 0 aromatic heterocycles. The Kier molecular flexibility index (Phi) is 10.2. The maximum atomic E-state index is 14.2. The predicted octanol–water partition coefficient (Wildman–Crippen LogP) is 5.39. The molecule has 0 radical (unpaired) electrons. The maximum Gasteiger partial charge on any atom is 0.244 e. The summed E-state index contributed by atoms with van der Waals surface area (Å²) in [5, 5.41) is 3.03. The molecule has 40 heavy (non-hydrogen) atoms. The van der Waals surface area contributed by atoms with Crippen molar-refractivity contribution in [1.82, 2.24) is 10.2 Å². The molecule has 0 saturated heterocycles. The number of hydrogen-bond donors (Lipinski definition) is 1. The summed E-state index contributed by atoms with van der Waals surface area (Å²) in [6.07, 6.45) is 1.36. The van der Waals surface area contributed by atoms with E-state index in [1.165, 1.54) is 4.90 Å². The third-order valence-electron chi connectivity index (χ3n) is 6.38. The second-order valence-corrected chi connectivity index (χ2v) is 13.9. The van der Waals surface area contributed by atoms with E-state index in [0.717, 1.165) is 37.3 Å². The Hall–Kier alpha value is -3.17. The van der Waals surface area contributed by atoms with Crippen molar-refractivity contribution < 1.29 is 18.0 Å². The van der Waals surface area contributed by atoms with Gasteiger partial charge in [0.2, 0.25) is 21.8 Å². The van der Waals surface area contributed by atoms with Crippen molar-refractivity contribution in [3.05, 3.63) is 99.5 Å². The molecule has 0 bridgehead atoms. The van der Waals surface area contributed by atoms with Gasteiger partial charge < -0.3 is 10.2 Å². The molecular formula is C31H38BrN3O4S. The van der Waals surface area contributed by atoms with Crippen molar-refractivity contribution in [3.63, 3.8) is 0 Å².